The molecule has 9 heteroatoms. The molecule has 2 rings (SSSR count). The van der Waals surface area contributed by atoms with Gasteiger partial charge in [0.2, 0.25) is 10.0 Å². The SMILES string of the molecule is CCNc1cc([N+](=O)[O-])cc(F)c1S(=O)(=O)NCC1CC1. The number of hydrogen-bond acceptors (Lipinski definition) is 5. The molecule has 0 aromatic heterocycles. The Bertz CT molecular complexity index is 659. The zero-order chi connectivity index (χ0) is 15.6. The Morgan fingerprint density at radius 3 is 2.62 bits per heavy atom. The van der Waals surface area contributed by atoms with Crippen molar-refractivity contribution in [3.8, 4) is 0 Å². The first-order valence-electron chi connectivity index (χ1n) is 6.56. The van der Waals surface area contributed by atoms with Crippen LogP contribution in [0.1, 0.15) is 19.8 Å². The Kier molecular flexibility index (Phi) is 4.43. The highest BCUT2D eigenvalue weighted by Gasteiger charge is 2.29. The maximum atomic E-state index is 14.1. The van der Waals surface area contributed by atoms with Crippen LogP contribution in [0.2, 0.25) is 0 Å². The normalized spacial score (nSPS) is 15.0. The predicted octanol–water partition coefficient (Wildman–Crippen LogP) is 1.85. The minimum absolute atomic E-state index is 0.104. The summed E-state index contributed by atoms with van der Waals surface area (Å²) in [5, 5.41) is 13.4. The van der Waals surface area contributed by atoms with Gasteiger partial charge in [-0.15, -0.1) is 0 Å². The zero-order valence-electron chi connectivity index (χ0n) is 11.4. The fraction of sp³-hybridized carbons (Fsp3) is 0.500. The van der Waals surface area contributed by atoms with E-state index in [1.165, 1.54) is 0 Å². The lowest BCUT2D eigenvalue weighted by Gasteiger charge is -2.13. The molecule has 0 unspecified atom stereocenters. The highest BCUT2D eigenvalue weighted by molar-refractivity contribution is 7.89. The quantitative estimate of drug-likeness (QED) is 0.590. The van der Waals surface area contributed by atoms with Crippen LogP contribution in [0.5, 0.6) is 0 Å². The number of benzene rings is 1. The van der Waals surface area contributed by atoms with Gasteiger partial charge in [-0.1, -0.05) is 0 Å². The van der Waals surface area contributed by atoms with Gasteiger partial charge in [0.15, 0.2) is 5.82 Å². The van der Waals surface area contributed by atoms with E-state index in [9.17, 15) is 22.9 Å². The molecular weight excluding hydrogens is 301 g/mol. The van der Waals surface area contributed by atoms with E-state index < -0.39 is 31.3 Å². The van der Waals surface area contributed by atoms with Crippen molar-refractivity contribution in [1.29, 1.82) is 0 Å². The first kappa shape index (κ1) is 15.6. The van der Waals surface area contributed by atoms with E-state index in [0.717, 1.165) is 18.9 Å². The second kappa shape index (κ2) is 5.94. The van der Waals surface area contributed by atoms with Crippen molar-refractivity contribution in [2.24, 2.45) is 5.92 Å². The summed E-state index contributed by atoms with van der Waals surface area (Å²) in [4.78, 5) is 9.40. The van der Waals surface area contributed by atoms with Crippen LogP contribution in [0.15, 0.2) is 17.0 Å². The lowest BCUT2D eigenvalue weighted by molar-refractivity contribution is -0.385. The van der Waals surface area contributed by atoms with Crippen LogP contribution in [0.4, 0.5) is 15.8 Å². The van der Waals surface area contributed by atoms with Crippen LogP contribution in [0, 0.1) is 21.8 Å². The molecule has 1 aliphatic carbocycles. The third-order valence-corrected chi connectivity index (χ3v) is 4.63. The largest absolute Gasteiger partial charge is 0.384 e. The third kappa shape index (κ3) is 3.67. The first-order valence-corrected chi connectivity index (χ1v) is 8.05. The molecule has 0 spiro atoms. The fourth-order valence-electron chi connectivity index (χ4n) is 1.90. The standard InChI is InChI=1S/C12H16FN3O4S/c1-2-14-11-6-9(16(17)18)5-10(13)12(11)21(19,20)15-7-8-3-4-8/h5-6,8,14-15H,2-4,7H2,1H3. The Balaban J connectivity index is 2.41. The number of halogens is 1. The first-order chi connectivity index (χ1) is 9.85. The molecule has 1 aromatic rings. The maximum Gasteiger partial charge on any atom is 0.274 e. The number of sulfonamides is 1. The van der Waals surface area contributed by atoms with Crippen molar-refractivity contribution in [2.75, 3.05) is 18.4 Å². The molecule has 0 amide bonds. The van der Waals surface area contributed by atoms with Crippen LogP contribution < -0.4 is 10.0 Å². The average molecular weight is 317 g/mol. The molecule has 1 aromatic carbocycles. The molecule has 7 nitrogen and oxygen atoms in total. The molecule has 116 valence electrons. The summed E-state index contributed by atoms with van der Waals surface area (Å²) >= 11 is 0. The number of rotatable bonds is 7. The molecule has 21 heavy (non-hydrogen) atoms. The summed E-state index contributed by atoms with van der Waals surface area (Å²) < 4.78 is 40.8. The van der Waals surface area contributed by atoms with Crippen molar-refractivity contribution in [1.82, 2.24) is 4.72 Å². The van der Waals surface area contributed by atoms with Crippen molar-refractivity contribution < 1.29 is 17.7 Å². The second-order valence-corrected chi connectivity index (χ2v) is 6.59. The van der Waals surface area contributed by atoms with Crippen LogP contribution >= 0.6 is 0 Å². The molecule has 0 aliphatic heterocycles. The number of nitrogens with zero attached hydrogens (tertiary/aromatic N) is 1. The fourth-order valence-corrected chi connectivity index (χ4v) is 3.24. The predicted molar refractivity (Wildman–Crippen MR) is 75.1 cm³/mol. The molecule has 1 saturated carbocycles. The molecular formula is C12H16FN3O4S. The second-order valence-electron chi connectivity index (χ2n) is 4.89. The summed E-state index contributed by atoms with van der Waals surface area (Å²) in [6.45, 7) is 2.25. The van der Waals surface area contributed by atoms with E-state index >= 15 is 0 Å². The van der Waals surface area contributed by atoms with Gasteiger partial charge in [-0.05, 0) is 25.7 Å². The molecule has 0 bridgehead atoms. The van der Waals surface area contributed by atoms with Gasteiger partial charge in [-0.2, -0.15) is 0 Å². The summed E-state index contributed by atoms with van der Waals surface area (Å²) in [7, 11) is -4.05. The number of nitrogens with one attached hydrogen (secondary N) is 2. The smallest absolute Gasteiger partial charge is 0.274 e. The lowest BCUT2D eigenvalue weighted by atomic mass is 10.2. The highest BCUT2D eigenvalue weighted by Crippen LogP contribution is 2.31. The van der Waals surface area contributed by atoms with Gasteiger partial charge in [-0.25, -0.2) is 17.5 Å². The van der Waals surface area contributed by atoms with Crippen molar-refractivity contribution in [3.63, 3.8) is 0 Å². The van der Waals surface area contributed by atoms with Gasteiger partial charge in [-0.3, -0.25) is 10.1 Å². The number of nitro groups is 1. The molecule has 1 fully saturated rings. The van der Waals surface area contributed by atoms with Gasteiger partial charge in [0.25, 0.3) is 5.69 Å². The van der Waals surface area contributed by atoms with E-state index in [1.54, 1.807) is 6.92 Å². The highest BCUT2D eigenvalue weighted by atomic mass is 32.2. The lowest BCUT2D eigenvalue weighted by Crippen LogP contribution is -2.27. The van der Waals surface area contributed by atoms with Crippen LogP contribution in [-0.2, 0) is 10.0 Å². The Morgan fingerprint density at radius 1 is 1.43 bits per heavy atom. The van der Waals surface area contributed by atoms with E-state index in [-0.39, 0.29) is 12.2 Å². The van der Waals surface area contributed by atoms with Gasteiger partial charge >= 0.3 is 0 Å². The number of hydrogen-bond donors (Lipinski definition) is 2. The molecule has 1 aliphatic rings. The van der Waals surface area contributed by atoms with Gasteiger partial charge in [0.1, 0.15) is 4.90 Å². The Morgan fingerprint density at radius 2 is 2.10 bits per heavy atom. The molecule has 2 N–H and O–H groups in total. The number of nitro benzene ring substituents is 1. The monoisotopic (exact) mass is 317 g/mol. The Labute approximate surface area is 121 Å². The van der Waals surface area contributed by atoms with E-state index in [2.05, 4.69) is 10.0 Å². The summed E-state index contributed by atoms with van der Waals surface area (Å²) in [6, 6.07) is 1.64. The van der Waals surface area contributed by atoms with E-state index in [0.29, 0.717) is 18.5 Å². The van der Waals surface area contributed by atoms with E-state index in [4.69, 9.17) is 0 Å². The van der Waals surface area contributed by atoms with Gasteiger partial charge in [0.05, 0.1) is 16.7 Å². The van der Waals surface area contributed by atoms with Crippen molar-refractivity contribution in [2.45, 2.75) is 24.7 Å². The van der Waals surface area contributed by atoms with Crippen molar-refractivity contribution >= 4 is 21.4 Å². The van der Waals surface area contributed by atoms with Gasteiger partial charge in [0, 0.05) is 19.2 Å². The Hall–Kier alpha value is -1.74. The number of anilines is 1. The van der Waals surface area contributed by atoms with E-state index in [1.807, 2.05) is 0 Å². The minimum Gasteiger partial charge on any atom is -0.384 e. The van der Waals surface area contributed by atoms with Crippen LogP contribution in [0.25, 0.3) is 0 Å². The number of non-ortho nitro benzene ring substituents is 1. The maximum absolute atomic E-state index is 14.1. The third-order valence-electron chi connectivity index (χ3n) is 3.13. The summed E-state index contributed by atoms with van der Waals surface area (Å²) in [5.41, 5.74) is -0.600. The van der Waals surface area contributed by atoms with Gasteiger partial charge < -0.3 is 5.32 Å². The molecule has 0 saturated heterocycles. The summed E-state index contributed by atoms with van der Waals surface area (Å²) in [5.74, 6) is -0.841. The molecule has 0 atom stereocenters. The average Bonchev–Trinajstić information content (AvgIpc) is 3.20. The van der Waals surface area contributed by atoms with Crippen LogP contribution in [0.3, 0.4) is 0 Å². The molecule has 0 heterocycles. The molecule has 0 radical (unpaired) electrons. The summed E-state index contributed by atoms with van der Waals surface area (Å²) in [6.07, 6.45) is 1.90. The van der Waals surface area contributed by atoms with Crippen molar-refractivity contribution in [3.05, 3.63) is 28.1 Å². The zero-order valence-corrected chi connectivity index (χ0v) is 12.2. The topological polar surface area (TPSA) is 101 Å². The van der Waals surface area contributed by atoms with Crippen LogP contribution in [-0.4, -0.2) is 26.4 Å². The minimum atomic E-state index is -4.05.